The van der Waals surface area contributed by atoms with Crippen molar-refractivity contribution in [2.45, 2.75) is 13.8 Å². The Hall–Kier alpha value is -4.38. The molecule has 0 aromatic heterocycles. The standard InChI is InChI=1S/C26H23BN4O3/c1-3-30(4-2)23-15-14-21-18-31-27(33-24(21)16-23,22-8-6-5-7-9-22)34-26(32)25(29-31)20-12-10-19(17-28)11-13-20/h5-16,18H,3-4H2,1-2H3. The number of anilines is 1. The minimum Gasteiger partial charge on any atom is -0.617 e. The smallest absolute Gasteiger partial charge is 0.617 e. The average molecular weight is 450 g/mol. The highest BCUT2D eigenvalue weighted by molar-refractivity contribution is 6.78. The van der Waals surface area contributed by atoms with Gasteiger partial charge in [-0.15, -0.1) is 0 Å². The Balaban J connectivity index is 1.67. The first kappa shape index (κ1) is 21.5. The zero-order valence-electron chi connectivity index (χ0n) is 19.0. The molecule has 8 heteroatoms. The fourth-order valence-electron chi connectivity index (χ4n) is 4.39. The van der Waals surface area contributed by atoms with Crippen molar-refractivity contribution >= 4 is 35.7 Å². The highest BCUT2D eigenvalue weighted by Crippen LogP contribution is 2.32. The van der Waals surface area contributed by atoms with Crippen molar-refractivity contribution in [3.8, 4) is 11.8 Å². The lowest BCUT2D eigenvalue weighted by Gasteiger charge is -2.40. The number of hydrogen-bond acceptors (Lipinski definition) is 6. The number of fused-ring (bicyclic) bond motifs is 2. The molecule has 0 radical (unpaired) electrons. The van der Waals surface area contributed by atoms with Crippen LogP contribution in [0.4, 0.5) is 5.69 Å². The van der Waals surface area contributed by atoms with Crippen LogP contribution in [0.2, 0.25) is 0 Å². The number of carbonyl (C=O) groups is 1. The average Bonchev–Trinajstić information content (AvgIpc) is 2.88. The van der Waals surface area contributed by atoms with Crippen molar-refractivity contribution in [2.75, 3.05) is 18.0 Å². The minimum atomic E-state index is -2.43. The molecular weight excluding hydrogens is 427 g/mol. The number of carbonyl (C=O) groups excluding carboxylic acids is 1. The third-order valence-corrected chi connectivity index (χ3v) is 6.22. The van der Waals surface area contributed by atoms with Crippen LogP contribution in [0.25, 0.3) is 0 Å². The van der Waals surface area contributed by atoms with E-state index in [2.05, 4.69) is 36.0 Å². The van der Waals surface area contributed by atoms with Gasteiger partial charge in [-0.3, -0.25) is 0 Å². The molecule has 0 bridgehead atoms. The zero-order chi connectivity index (χ0) is 23.7. The molecule has 0 saturated carbocycles. The molecule has 0 fully saturated rings. The van der Waals surface area contributed by atoms with Crippen LogP contribution in [0, 0.1) is 11.3 Å². The Morgan fingerprint density at radius 3 is 2.41 bits per heavy atom. The molecule has 3 aromatic rings. The van der Waals surface area contributed by atoms with Gasteiger partial charge in [0, 0.05) is 30.4 Å². The summed E-state index contributed by atoms with van der Waals surface area (Å²) in [5, 5.41) is 13.8. The summed E-state index contributed by atoms with van der Waals surface area (Å²) in [6.07, 6.45) is 1.86. The first-order valence-electron chi connectivity index (χ1n) is 11.3. The summed E-state index contributed by atoms with van der Waals surface area (Å²) in [6, 6.07) is 24.2. The summed E-state index contributed by atoms with van der Waals surface area (Å²) >= 11 is 0. The van der Waals surface area contributed by atoms with Crippen molar-refractivity contribution in [3.63, 3.8) is 0 Å². The van der Waals surface area contributed by atoms with Gasteiger partial charge < -0.3 is 14.2 Å². The Bertz CT molecular complexity index is 1360. The molecule has 2 heterocycles. The zero-order valence-corrected chi connectivity index (χ0v) is 19.0. The van der Waals surface area contributed by atoms with E-state index < -0.39 is 12.7 Å². The number of rotatable bonds is 5. The third kappa shape index (κ3) is 3.52. The van der Waals surface area contributed by atoms with E-state index in [0.717, 1.165) is 24.3 Å². The van der Waals surface area contributed by atoms with Crippen LogP contribution in [-0.4, -0.2) is 42.3 Å². The molecule has 0 N–H and O–H groups in total. The molecule has 5 rings (SSSR count). The fraction of sp³-hybridized carbons (Fsp3) is 0.154. The van der Waals surface area contributed by atoms with Crippen LogP contribution in [0.1, 0.15) is 30.5 Å². The second-order valence-electron chi connectivity index (χ2n) is 8.15. The Labute approximate surface area is 198 Å². The molecule has 3 aromatic carbocycles. The van der Waals surface area contributed by atoms with E-state index in [4.69, 9.17) is 14.6 Å². The summed E-state index contributed by atoms with van der Waals surface area (Å²) in [6.45, 7) is 3.52. The fourth-order valence-corrected chi connectivity index (χ4v) is 4.39. The molecule has 34 heavy (non-hydrogen) atoms. The van der Waals surface area contributed by atoms with Crippen LogP contribution in [0.5, 0.6) is 5.75 Å². The largest absolute Gasteiger partial charge is 0.710 e. The van der Waals surface area contributed by atoms with E-state index in [9.17, 15) is 4.79 Å². The number of hydrogen-bond donors (Lipinski definition) is 0. The van der Waals surface area contributed by atoms with Gasteiger partial charge in [-0.25, -0.2) is 9.39 Å². The number of nitrogens with zero attached hydrogens (tertiary/aromatic N) is 4. The summed E-state index contributed by atoms with van der Waals surface area (Å²) in [4.78, 5) is 15.5. The van der Waals surface area contributed by atoms with Crippen molar-refractivity contribution in [1.29, 1.82) is 5.26 Å². The molecule has 2 aliphatic rings. The van der Waals surface area contributed by atoms with E-state index in [-0.39, 0.29) is 5.71 Å². The van der Waals surface area contributed by atoms with Crippen molar-refractivity contribution in [3.05, 3.63) is 89.5 Å². The molecule has 1 unspecified atom stereocenters. The maximum absolute atomic E-state index is 13.2. The molecule has 0 aliphatic carbocycles. The number of benzene rings is 3. The molecule has 7 nitrogen and oxygen atoms in total. The predicted molar refractivity (Wildman–Crippen MR) is 132 cm³/mol. The lowest BCUT2D eigenvalue weighted by atomic mass is 9.62. The molecule has 1 atom stereocenters. The van der Waals surface area contributed by atoms with E-state index in [0.29, 0.717) is 22.3 Å². The van der Waals surface area contributed by atoms with Gasteiger partial charge in [0.25, 0.3) is 0 Å². The Morgan fingerprint density at radius 1 is 1.00 bits per heavy atom. The molecular formula is C26H23BN4O3. The normalized spacial score (nSPS) is 18.3. The topological polar surface area (TPSA) is 77.9 Å². The molecule has 2 aliphatic heterocycles. The summed E-state index contributed by atoms with van der Waals surface area (Å²) in [7, 11) is 0. The second-order valence-corrected chi connectivity index (χ2v) is 8.15. The third-order valence-electron chi connectivity index (χ3n) is 6.22. The van der Waals surface area contributed by atoms with Gasteiger partial charge in [0.15, 0.2) is 6.21 Å². The van der Waals surface area contributed by atoms with E-state index in [1.54, 1.807) is 28.9 Å². The van der Waals surface area contributed by atoms with Gasteiger partial charge in [0.2, 0.25) is 5.71 Å². The second kappa shape index (κ2) is 8.52. The van der Waals surface area contributed by atoms with Gasteiger partial charge in [-0.1, -0.05) is 42.5 Å². The van der Waals surface area contributed by atoms with Crippen LogP contribution < -0.4 is 15.0 Å². The lowest BCUT2D eigenvalue weighted by molar-refractivity contribution is -0.431. The monoisotopic (exact) mass is 450 g/mol. The van der Waals surface area contributed by atoms with Crippen LogP contribution >= 0.6 is 0 Å². The quantitative estimate of drug-likeness (QED) is 0.559. The van der Waals surface area contributed by atoms with Crippen molar-refractivity contribution in [2.24, 2.45) is 5.10 Å². The number of hydrazone groups is 1. The predicted octanol–water partition coefficient (Wildman–Crippen LogP) is 3.04. The maximum atomic E-state index is 13.2. The Kier molecular flexibility index (Phi) is 5.38. The van der Waals surface area contributed by atoms with Gasteiger partial charge in [-0.05, 0) is 48.7 Å². The van der Waals surface area contributed by atoms with E-state index in [1.165, 1.54) is 0 Å². The first-order chi connectivity index (χ1) is 16.6. The van der Waals surface area contributed by atoms with Gasteiger partial charge in [0.05, 0.1) is 22.9 Å². The van der Waals surface area contributed by atoms with Crippen molar-refractivity contribution in [1.82, 2.24) is 0 Å². The van der Waals surface area contributed by atoms with E-state index in [1.807, 2.05) is 48.7 Å². The van der Waals surface area contributed by atoms with Gasteiger partial charge in [-0.2, -0.15) is 5.26 Å². The first-order valence-corrected chi connectivity index (χ1v) is 11.3. The van der Waals surface area contributed by atoms with Crippen LogP contribution in [0.15, 0.2) is 77.9 Å². The highest BCUT2D eigenvalue weighted by Gasteiger charge is 2.57. The molecule has 168 valence electrons. The van der Waals surface area contributed by atoms with E-state index >= 15 is 0 Å². The summed E-state index contributed by atoms with van der Waals surface area (Å²) < 4.78 is 14.2. The summed E-state index contributed by atoms with van der Waals surface area (Å²) in [5.41, 5.74) is 3.80. The van der Waals surface area contributed by atoms with Crippen LogP contribution in [0.3, 0.4) is 0 Å². The van der Waals surface area contributed by atoms with Crippen LogP contribution in [-0.2, 0) is 9.45 Å². The SMILES string of the molecule is CCN(CC)c1ccc2c(c1)O[B-]1(c3ccccc3)OC(=O)C(c3ccc(C#N)cc3)=N[N+]1=C2. The lowest BCUT2D eigenvalue weighted by Crippen LogP contribution is -2.69. The molecule has 0 amide bonds. The van der Waals surface area contributed by atoms with Gasteiger partial charge >= 0.3 is 12.7 Å². The molecule has 0 saturated heterocycles. The highest BCUT2D eigenvalue weighted by atomic mass is 16.7. The number of nitriles is 1. The minimum absolute atomic E-state index is 0.154. The van der Waals surface area contributed by atoms with Gasteiger partial charge in [0.1, 0.15) is 0 Å². The maximum Gasteiger partial charge on any atom is 0.710 e. The Morgan fingerprint density at radius 2 is 1.74 bits per heavy atom. The molecule has 0 spiro atoms. The summed E-state index contributed by atoms with van der Waals surface area (Å²) in [5.74, 6) is 0.0517. The van der Waals surface area contributed by atoms with Crippen molar-refractivity contribution < 1.29 is 18.7 Å².